The monoisotopic (exact) mass is 545 g/mol. The van der Waals surface area contributed by atoms with Crippen molar-refractivity contribution in [1.82, 2.24) is 0 Å². The van der Waals surface area contributed by atoms with Gasteiger partial charge in [0, 0.05) is 0 Å². The summed E-state index contributed by atoms with van der Waals surface area (Å²) in [4.78, 5) is 0. The molecule has 0 radical (unpaired) electrons. The van der Waals surface area contributed by atoms with Gasteiger partial charge in [0.05, 0.1) is 0 Å². The van der Waals surface area contributed by atoms with Crippen molar-refractivity contribution in [1.29, 1.82) is 0 Å². The summed E-state index contributed by atoms with van der Waals surface area (Å²) in [6, 6.07) is 0. The van der Waals surface area contributed by atoms with Gasteiger partial charge in [0.1, 0.15) is 0 Å². The highest BCUT2D eigenvalue weighted by Gasteiger charge is 2.09. The molecule has 0 fully saturated rings. The maximum Gasteiger partial charge on any atom is -0.0133 e. The van der Waals surface area contributed by atoms with E-state index in [9.17, 15) is 0 Å². The number of hydrogen-bond acceptors (Lipinski definition) is 0. The fraction of sp³-hybridized carbons (Fsp3) is 0.600. The van der Waals surface area contributed by atoms with Crippen molar-refractivity contribution in [3.63, 3.8) is 0 Å². The summed E-state index contributed by atoms with van der Waals surface area (Å²) in [5, 5.41) is 0. The van der Waals surface area contributed by atoms with Crippen LogP contribution >= 0.6 is 0 Å². The highest BCUT2D eigenvalue weighted by Crippen LogP contribution is 2.27. The Labute approximate surface area is 250 Å². The minimum Gasteiger partial charge on any atom is -0.0995 e. The Hall–Kier alpha value is -2.08. The van der Waals surface area contributed by atoms with Crippen LogP contribution in [0.5, 0.6) is 0 Å². The van der Waals surface area contributed by atoms with E-state index in [0.717, 1.165) is 24.2 Å². The van der Waals surface area contributed by atoms with E-state index in [2.05, 4.69) is 119 Å². The van der Waals surface area contributed by atoms with Gasteiger partial charge in [0.2, 0.25) is 0 Å². The maximum atomic E-state index is 3.96. The molecule has 0 aromatic heterocycles. The molecule has 224 valence electrons. The molecule has 0 spiro atoms. The predicted octanol–water partition coefficient (Wildman–Crippen LogP) is 13.4. The smallest absolute Gasteiger partial charge is 0.0133 e. The van der Waals surface area contributed by atoms with Crippen LogP contribution in [0.1, 0.15) is 140 Å². The van der Waals surface area contributed by atoms with Crippen LogP contribution in [0.15, 0.2) is 93.2 Å². The molecular formula is C40H64. The molecule has 0 heterocycles. The lowest BCUT2D eigenvalue weighted by Crippen LogP contribution is -1.99. The van der Waals surface area contributed by atoms with E-state index in [0.29, 0.717) is 0 Å². The van der Waals surface area contributed by atoms with Crippen molar-refractivity contribution in [2.24, 2.45) is 17.8 Å². The van der Waals surface area contributed by atoms with Gasteiger partial charge >= 0.3 is 0 Å². The van der Waals surface area contributed by atoms with E-state index in [1.165, 1.54) is 80.1 Å². The van der Waals surface area contributed by atoms with Crippen LogP contribution in [0.3, 0.4) is 0 Å². The fourth-order valence-electron chi connectivity index (χ4n) is 5.09. The lowest BCUT2D eigenvalue weighted by atomic mass is 9.89. The van der Waals surface area contributed by atoms with Crippen LogP contribution in [0, 0.1) is 17.8 Å². The molecule has 0 aromatic carbocycles. The van der Waals surface area contributed by atoms with Crippen LogP contribution in [0.25, 0.3) is 0 Å². The SMILES string of the molecule is C=C1CC=C(C(C)C)CC1.CC1=CC=C(C(C)C)CC1.CC1=CCC(=C(C)C)CC1.CC1=CCC(C(C)C)=CC1. The van der Waals surface area contributed by atoms with E-state index in [-0.39, 0.29) is 0 Å². The molecule has 0 saturated heterocycles. The average Bonchev–Trinajstić information content (AvgIpc) is 2.91. The first kappa shape index (κ1) is 35.9. The molecule has 4 rings (SSSR count). The lowest BCUT2D eigenvalue weighted by molar-refractivity contribution is 0.681. The molecule has 0 bridgehead atoms. The van der Waals surface area contributed by atoms with Gasteiger partial charge in [-0.1, -0.05) is 135 Å². The van der Waals surface area contributed by atoms with Crippen LogP contribution in [0.2, 0.25) is 0 Å². The Bertz CT molecular complexity index is 1020. The van der Waals surface area contributed by atoms with Gasteiger partial charge in [-0.2, -0.15) is 0 Å². The average molecular weight is 545 g/mol. The molecule has 0 aromatic rings. The second-order valence-electron chi connectivity index (χ2n) is 13.5. The highest BCUT2D eigenvalue weighted by atomic mass is 14.1. The van der Waals surface area contributed by atoms with E-state index in [1.54, 1.807) is 27.9 Å². The first-order valence-electron chi connectivity index (χ1n) is 16.2. The van der Waals surface area contributed by atoms with Crippen LogP contribution < -0.4 is 0 Å². The molecule has 0 amide bonds. The summed E-state index contributed by atoms with van der Waals surface area (Å²) in [6.07, 6.45) is 26.2. The van der Waals surface area contributed by atoms with Gasteiger partial charge < -0.3 is 0 Å². The van der Waals surface area contributed by atoms with Gasteiger partial charge in [-0.05, 0) is 117 Å². The Morgan fingerprint density at radius 3 is 1.48 bits per heavy atom. The third kappa shape index (κ3) is 15.1. The largest absolute Gasteiger partial charge is 0.0995 e. The van der Waals surface area contributed by atoms with Crippen molar-refractivity contribution in [3.05, 3.63) is 93.2 Å². The molecule has 4 aliphatic carbocycles. The van der Waals surface area contributed by atoms with Crippen LogP contribution in [0.4, 0.5) is 0 Å². The summed E-state index contributed by atoms with van der Waals surface area (Å²) in [5.74, 6) is 2.22. The second-order valence-corrected chi connectivity index (χ2v) is 13.5. The Balaban J connectivity index is 0.000000267. The Morgan fingerprint density at radius 1 is 0.525 bits per heavy atom. The predicted molar refractivity (Wildman–Crippen MR) is 184 cm³/mol. The minimum absolute atomic E-state index is 0.740. The minimum atomic E-state index is 0.740. The first-order valence-corrected chi connectivity index (χ1v) is 16.2. The van der Waals surface area contributed by atoms with Crippen LogP contribution in [-0.4, -0.2) is 0 Å². The molecule has 0 N–H and O–H groups in total. The molecule has 0 aliphatic heterocycles. The fourth-order valence-corrected chi connectivity index (χ4v) is 5.09. The zero-order chi connectivity index (χ0) is 30.2. The summed E-state index contributed by atoms with van der Waals surface area (Å²) in [6.45, 7) is 28.6. The van der Waals surface area contributed by atoms with E-state index < -0.39 is 0 Å². The zero-order valence-corrected chi connectivity index (χ0v) is 28.5. The Kier molecular flexibility index (Phi) is 17.2. The van der Waals surface area contributed by atoms with Crippen molar-refractivity contribution >= 4 is 0 Å². The van der Waals surface area contributed by atoms with Gasteiger partial charge in [-0.25, -0.2) is 0 Å². The maximum absolute atomic E-state index is 3.96. The summed E-state index contributed by atoms with van der Waals surface area (Å²) >= 11 is 0. The molecule has 0 atom stereocenters. The summed E-state index contributed by atoms with van der Waals surface area (Å²) in [7, 11) is 0. The third-order valence-corrected chi connectivity index (χ3v) is 8.63. The van der Waals surface area contributed by atoms with Crippen molar-refractivity contribution in [2.45, 2.75) is 140 Å². The summed E-state index contributed by atoms with van der Waals surface area (Å²) in [5.41, 5.74) is 14.0. The number of rotatable bonds is 3. The highest BCUT2D eigenvalue weighted by molar-refractivity contribution is 5.24. The summed E-state index contributed by atoms with van der Waals surface area (Å²) < 4.78 is 0. The van der Waals surface area contributed by atoms with E-state index in [1.807, 2.05) is 0 Å². The normalized spacial score (nSPS) is 18.9. The first-order chi connectivity index (χ1) is 18.8. The van der Waals surface area contributed by atoms with Crippen molar-refractivity contribution in [3.8, 4) is 0 Å². The molecular weight excluding hydrogens is 480 g/mol. The van der Waals surface area contributed by atoms with Crippen LogP contribution in [-0.2, 0) is 0 Å². The van der Waals surface area contributed by atoms with Gasteiger partial charge in [0.15, 0.2) is 0 Å². The van der Waals surface area contributed by atoms with Crippen molar-refractivity contribution < 1.29 is 0 Å². The number of allylic oxidation sites excluding steroid dienone is 15. The lowest BCUT2D eigenvalue weighted by Gasteiger charge is -2.17. The molecule has 40 heavy (non-hydrogen) atoms. The molecule has 0 saturated carbocycles. The van der Waals surface area contributed by atoms with Gasteiger partial charge in [-0.3, -0.25) is 0 Å². The number of hydrogen-bond donors (Lipinski definition) is 0. The van der Waals surface area contributed by atoms with Gasteiger partial charge in [-0.15, -0.1) is 0 Å². The standard InChI is InChI=1S/4C10H16/c4*1-8(2)10-6-4-9(3)5-7-10/h4H,5-7H2,1-3H3;4,7-8H,5-6H2,1-3H3;4,6,8H,5,7H2,1-3H3;6,8H,3-5,7H2,1-2H3. The topological polar surface area (TPSA) is 0 Å². The van der Waals surface area contributed by atoms with E-state index >= 15 is 0 Å². The molecule has 0 nitrogen and oxygen atoms in total. The molecule has 4 aliphatic rings. The molecule has 0 heteroatoms. The van der Waals surface area contributed by atoms with Crippen molar-refractivity contribution in [2.75, 3.05) is 0 Å². The quantitative estimate of drug-likeness (QED) is 0.310. The Morgan fingerprint density at radius 2 is 1.07 bits per heavy atom. The molecule has 0 unspecified atom stereocenters. The van der Waals surface area contributed by atoms with E-state index in [4.69, 9.17) is 0 Å². The second kappa shape index (κ2) is 19.1. The van der Waals surface area contributed by atoms with Gasteiger partial charge in [0.25, 0.3) is 0 Å². The zero-order valence-electron chi connectivity index (χ0n) is 28.5. The third-order valence-electron chi connectivity index (χ3n) is 8.63.